The summed E-state index contributed by atoms with van der Waals surface area (Å²) < 4.78 is 31.5. The fourth-order valence-corrected chi connectivity index (χ4v) is 1.94. The van der Waals surface area contributed by atoms with Crippen molar-refractivity contribution in [2.45, 2.75) is 13.3 Å². The molecule has 1 N–H and O–H groups in total. The second-order valence-electron chi connectivity index (χ2n) is 4.36. The summed E-state index contributed by atoms with van der Waals surface area (Å²) in [5, 5.41) is 2.05. The molecule has 21 heavy (non-hydrogen) atoms. The first-order chi connectivity index (χ1) is 10.0. The third-order valence-electron chi connectivity index (χ3n) is 2.76. The van der Waals surface area contributed by atoms with E-state index in [1.165, 1.54) is 12.5 Å². The number of aryl methyl sites for hydroxylation is 1. The molecule has 3 aromatic rings. The van der Waals surface area contributed by atoms with Gasteiger partial charge in [0.2, 0.25) is 0 Å². The number of furan rings is 1. The number of rotatable bonds is 3. The zero-order chi connectivity index (χ0) is 15.0. The molecule has 0 saturated heterocycles. The Morgan fingerprint density at radius 2 is 2.19 bits per heavy atom. The van der Waals surface area contributed by atoms with Gasteiger partial charge in [0.15, 0.2) is 22.9 Å². The van der Waals surface area contributed by atoms with Gasteiger partial charge in [-0.25, -0.2) is 9.97 Å². The third-order valence-corrected chi connectivity index (χ3v) is 2.76. The van der Waals surface area contributed by atoms with E-state index in [1.807, 2.05) is 0 Å². The minimum Gasteiger partial charge on any atom is -0.463 e. The van der Waals surface area contributed by atoms with Gasteiger partial charge in [-0.15, -0.1) is 0 Å². The van der Waals surface area contributed by atoms with Crippen molar-refractivity contribution < 1.29 is 18.0 Å². The highest BCUT2D eigenvalue weighted by atomic mass is 19.3. The molecule has 8 heteroatoms. The minimum absolute atomic E-state index is 0.00315. The molecule has 0 spiro atoms. The number of halogens is 2. The molecule has 0 aliphatic heterocycles. The maximum absolute atomic E-state index is 12.3. The van der Waals surface area contributed by atoms with E-state index in [4.69, 9.17) is 4.42 Å². The quantitative estimate of drug-likeness (QED) is 0.805. The molecule has 0 atom stereocenters. The van der Waals surface area contributed by atoms with E-state index in [9.17, 15) is 13.6 Å². The number of alkyl halides is 2. The number of anilines is 1. The molecule has 0 fully saturated rings. The number of hydrogen-bond donors (Lipinski definition) is 1. The largest absolute Gasteiger partial charge is 0.463 e. The van der Waals surface area contributed by atoms with Crippen molar-refractivity contribution in [1.29, 1.82) is 0 Å². The molecule has 108 valence electrons. The molecule has 0 aliphatic carbocycles. The SMILES string of the molecule is Cc1cn2cc(NC(=O)C(F)F)nc(-c3ccco3)c2n1. The van der Waals surface area contributed by atoms with E-state index in [1.54, 1.807) is 29.7 Å². The lowest BCUT2D eigenvalue weighted by Gasteiger charge is -2.07. The Balaban J connectivity index is 2.13. The van der Waals surface area contributed by atoms with Gasteiger partial charge in [-0.05, 0) is 19.1 Å². The fourth-order valence-electron chi connectivity index (χ4n) is 1.94. The monoisotopic (exact) mass is 292 g/mol. The van der Waals surface area contributed by atoms with Crippen LogP contribution in [0.15, 0.2) is 35.2 Å². The van der Waals surface area contributed by atoms with Gasteiger partial charge >= 0.3 is 6.43 Å². The summed E-state index contributed by atoms with van der Waals surface area (Å²) in [6.07, 6.45) is 1.47. The minimum atomic E-state index is -3.11. The van der Waals surface area contributed by atoms with E-state index in [0.29, 0.717) is 17.1 Å². The molecule has 0 aromatic carbocycles. The van der Waals surface area contributed by atoms with Crippen molar-refractivity contribution in [3.8, 4) is 11.5 Å². The van der Waals surface area contributed by atoms with Crippen molar-refractivity contribution in [2.24, 2.45) is 0 Å². The molecular formula is C13H10F2N4O2. The topological polar surface area (TPSA) is 72.4 Å². The first kappa shape index (κ1) is 13.2. The average Bonchev–Trinajstić information content (AvgIpc) is 3.05. The first-order valence-electron chi connectivity index (χ1n) is 6.04. The molecule has 3 rings (SSSR count). The van der Waals surface area contributed by atoms with Gasteiger partial charge in [0.05, 0.1) is 18.2 Å². The van der Waals surface area contributed by atoms with Gasteiger partial charge in [0.1, 0.15) is 0 Å². The molecule has 3 aromatic heterocycles. The Bertz CT molecular complexity index is 796. The van der Waals surface area contributed by atoms with Crippen LogP contribution in [0.25, 0.3) is 17.1 Å². The Labute approximate surface area is 117 Å². The van der Waals surface area contributed by atoms with Crippen LogP contribution in [0.1, 0.15) is 5.69 Å². The molecule has 3 heterocycles. The maximum atomic E-state index is 12.3. The van der Waals surface area contributed by atoms with Crippen LogP contribution in [-0.4, -0.2) is 26.7 Å². The summed E-state index contributed by atoms with van der Waals surface area (Å²) in [6.45, 7) is 1.79. The van der Waals surface area contributed by atoms with Crippen LogP contribution in [0, 0.1) is 6.92 Å². The van der Waals surface area contributed by atoms with Crippen LogP contribution in [-0.2, 0) is 4.79 Å². The third kappa shape index (κ3) is 2.47. The predicted octanol–water partition coefficient (Wildman–Crippen LogP) is 2.50. The summed E-state index contributed by atoms with van der Waals surface area (Å²) in [5.74, 6) is -0.987. The Morgan fingerprint density at radius 3 is 2.86 bits per heavy atom. The maximum Gasteiger partial charge on any atom is 0.315 e. The summed E-state index contributed by atoms with van der Waals surface area (Å²) in [7, 11) is 0. The molecule has 1 amide bonds. The Kier molecular flexibility index (Phi) is 3.13. The van der Waals surface area contributed by atoms with Crippen LogP contribution in [0.4, 0.5) is 14.6 Å². The van der Waals surface area contributed by atoms with Gasteiger partial charge in [0, 0.05) is 6.20 Å². The number of hydrogen-bond acceptors (Lipinski definition) is 4. The number of carbonyl (C=O) groups is 1. The van der Waals surface area contributed by atoms with Crippen molar-refractivity contribution in [3.63, 3.8) is 0 Å². The van der Waals surface area contributed by atoms with E-state index >= 15 is 0 Å². The van der Waals surface area contributed by atoms with Gasteiger partial charge in [-0.1, -0.05) is 0 Å². The molecular weight excluding hydrogens is 282 g/mol. The first-order valence-corrected chi connectivity index (χ1v) is 6.04. The normalized spacial score (nSPS) is 11.2. The van der Waals surface area contributed by atoms with E-state index in [2.05, 4.69) is 15.3 Å². The number of imidazole rings is 1. The highest BCUT2D eigenvalue weighted by molar-refractivity contribution is 5.92. The van der Waals surface area contributed by atoms with Gasteiger partial charge in [-0.3, -0.25) is 4.79 Å². The fraction of sp³-hybridized carbons (Fsp3) is 0.154. The second-order valence-corrected chi connectivity index (χ2v) is 4.36. The summed E-state index contributed by atoms with van der Waals surface area (Å²) in [6, 6.07) is 3.35. The lowest BCUT2D eigenvalue weighted by atomic mass is 10.3. The van der Waals surface area contributed by atoms with Crippen LogP contribution in [0.5, 0.6) is 0 Å². The van der Waals surface area contributed by atoms with Crippen LogP contribution in [0.2, 0.25) is 0 Å². The highest BCUT2D eigenvalue weighted by Gasteiger charge is 2.18. The highest BCUT2D eigenvalue weighted by Crippen LogP contribution is 2.24. The van der Waals surface area contributed by atoms with Gasteiger partial charge < -0.3 is 14.1 Å². The molecule has 0 saturated carbocycles. The van der Waals surface area contributed by atoms with Crippen molar-refractivity contribution in [1.82, 2.24) is 14.4 Å². The smallest absolute Gasteiger partial charge is 0.315 e. The van der Waals surface area contributed by atoms with Crippen LogP contribution >= 0.6 is 0 Å². The van der Waals surface area contributed by atoms with Crippen molar-refractivity contribution >= 4 is 17.4 Å². The number of amides is 1. The summed E-state index contributed by atoms with van der Waals surface area (Å²) in [4.78, 5) is 19.5. The summed E-state index contributed by atoms with van der Waals surface area (Å²) in [5.41, 5.74) is 1.60. The standard InChI is InChI=1S/C13H10F2N4O2/c1-7-5-19-6-9(18-13(20)11(14)15)17-10(12(19)16-7)8-3-2-4-21-8/h2-6,11H,1H3,(H,18,20). The summed E-state index contributed by atoms with van der Waals surface area (Å²) >= 11 is 0. The number of fused-ring (bicyclic) bond motifs is 1. The second kappa shape index (κ2) is 4.97. The van der Waals surface area contributed by atoms with E-state index in [-0.39, 0.29) is 5.82 Å². The Morgan fingerprint density at radius 1 is 1.38 bits per heavy atom. The number of nitrogens with zero attached hydrogens (tertiary/aromatic N) is 3. The average molecular weight is 292 g/mol. The zero-order valence-corrected chi connectivity index (χ0v) is 10.9. The van der Waals surface area contributed by atoms with E-state index < -0.39 is 12.3 Å². The van der Waals surface area contributed by atoms with Crippen molar-refractivity contribution in [2.75, 3.05) is 5.32 Å². The molecule has 0 aliphatic rings. The zero-order valence-electron chi connectivity index (χ0n) is 10.9. The van der Waals surface area contributed by atoms with Crippen LogP contribution < -0.4 is 5.32 Å². The number of aromatic nitrogens is 3. The van der Waals surface area contributed by atoms with E-state index in [0.717, 1.165) is 5.69 Å². The number of nitrogens with one attached hydrogen (secondary N) is 1. The van der Waals surface area contributed by atoms with Gasteiger partial charge in [0.25, 0.3) is 5.91 Å². The van der Waals surface area contributed by atoms with Crippen molar-refractivity contribution in [3.05, 3.63) is 36.5 Å². The Hall–Kier alpha value is -2.77. The number of carbonyl (C=O) groups excluding carboxylic acids is 1. The lowest BCUT2D eigenvalue weighted by molar-refractivity contribution is -0.126. The van der Waals surface area contributed by atoms with Gasteiger partial charge in [-0.2, -0.15) is 8.78 Å². The molecule has 6 nitrogen and oxygen atoms in total. The lowest BCUT2D eigenvalue weighted by Crippen LogP contribution is -2.21. The molecule has 0 unspecified atom stereocenters. The van der Waals surface area contributed by atoms with Crippen LogP contribution in [0.3, 0.4) is 0 Å². The molecule has 0 radical (unpaired) electrons. The predicted molar refractivity (Wildman–Crippen MR) is 70.1 cm³/mol. The molecule has 0 bridgehead atoms.